The van der Waals surface area contributed by atoms with E-state index in [0.29, 0.717) is 34.7 Å². The summed E-state index contributed by atoms with van der Waals surface area (Å²) in [5, 5.41) is 8.41. The van der Waals surface area contributed by atoms with Gasteiger partial charge in [-0.1, -0.05) is 48.7 Å². The van der Waals surface area contributed by atoms with Crippen molar-refractivity contribution in [3.8, 4) is 0 Å². The summed E-state index contributed by atoms with van der Waals surface area (Å²) in [7, 11) is 0. The van der Waals surface area contributed by atoms with E-state index in [1.807, 2.05) is 24.3 Å². The maximum absolute atomic E-state index is 13.5. The molecule has 1 aliphatic rings. The SMILES string of the molecule is O=C(NCCn1ncc2c(=O)n(Cc3cccc(F)c3)cnc21)C1(c2ccc(Cl)cc2)CCCC1. The molecule has 35 heavy (non-hydrogen) atoms. The Hall–Kier alpha value is -3.52. The monoisotopic (exact) mass is 493 g/mol. The number of nitrogens with one attached hydrogen (secondary N) is 1. The lowest BCUT2D eigenvalue weighted by Crippen LogP contribution is -2.43. The number of rotatable bonds is 7. The summed E-state index contributed by atoms with van der Waals surface area (Å²) >= 11 is 6.04. The third-order valence-corrected chi connectivity index (χ3v) is 7.01. The minimum atomic E-state index is -0.542. The fourth-order valence-corrected chi connectivity index (χ4v) is 5.07. The first kappa shape index (κ1) is 23.2. The summed E-state index contributed by atoms with van der Waals surface area (Å²) in [6.45, 7) is 0.957. The summed E-state index contributed by atoms with van der Waals surface area (Å²) in [6, 6.07) is 13.6. The normalized spacial score (nSPS) is 14.9. The molecule has 0 aliphatic heterocycles. The fraction of sp³-hybridized carbons (Fsp3) is 0.308. The second-order valence-corrected chi connectivity index (χ2v) is 9.40. The molecule has 4 aromatic rings. The Morgan fingerprint density at radius 1 is 1.14 bits per heavy atom. The number of halogens is 2. The highest BCUT2D eigenvalue weighted by Crippen LogP contribution is 2.41. The van der Waals surface area contributed by atoms with E-state index in [9.17, 15) is 14.0 Å². The highest BCUT2D eigenvalue weighted by Gasteiger charge is 2.42. The summed E-state index contributed by atoms with van der Waals surface area (Å²) in [4.78, 5) is 30.6. The van der Waals surface area contributed by atoms with Gasteiger partial charge in [0, 0.05) is 11.6 Å². The number of carbonyl (C=O) groups excluding carboxylic acids is 1. The van der Waals surface area contributed by atoms with Crippen LogP contribution in [0.1, 0.15) is 36.8 Å². The Balaban J connectivity index is 1.29. The van der Waals surface area contributed by atoms with Crippen LogP contribution in [0.2, 0.25) is 5.02 Å². The average Bonchev–Trinajstić information content (AvgIpc) is 3.50. The smallest absolute Gasteiger partial charge is 0.264 e. The van der Waals surface area contributed by atoms with Crippen LogP contribution >= 0.6 is 11.6 Å². The van der Waals surface area contributed by atoms with Crippen molar-refractivity contribution in [1.29, 1.82) is 0 Å². The van der Waals surface area contributed by atoms with Crippen LogP contribution in [0, 0.1) is 5.82 Å². The van der Waals surface area contributed by atoms with Crippen molar-refractivity contribution in [3.63, 3.8) is 0 Å². The van der Waals surface area contributed by atoms with Gasteiger partial charge in [0.25, 0.3) is 5.56 Å². The van der Waals surface area contributed by atoms with Crippen molar-refractivity contribution < 1.29 is 9.18 Å². The van der Waals surface area contributed by atoms with Crippen LogP contribution in [-0.2, 0) is 23.3 Å². The predicted molar refractivity (Wildman–Crippen MR) is 132 cm³/mol. The maximum Gasteiger partial charge on any atom is 0.264 e. The molecule has 1 amide bonds. The number of nitrogens with zero attached hydrogens (tertiary/aromatic N) is 4. The Bertz CT molecular complexity index is 1420. The summed E-state index contributed by atoms with van der Waals surface area (Å²) in [5.74, 6) is -0.353. The van der Waals surface area contributed by atoms with E-state index in [2.05, 4.69) is 15.4 Å². The van der Waals surface area contributed by atoms with Gasteiger partial charge in [-0.05, 0) is 48.2 Å². The molecule has 0 radical (unpaired) electrons. The van der Waals surface area contributed by atoms with Crippen LogP contribution in [0.5, 0.6) is 0 Å². The second-order valence-electron chi connectivity index (χ2n) is 8.96. The average molecular weight is 494 g/mol. The zero-order valence-electron chi connectivity index (χ0n) is 19.1. The highest BCUT2D eigenvalue weighted by atomic mass is 35.5. The molecule has 1 N–H and O–H groups in total. The lowest BCUT2D eigenvalue weighted by Gasteiger charge is -2.28. The van der Waals surface area contributed by atoms with Crippen LogP contribution in [0.25, 0.3) is 11.0 Å². The second kappa shape index (κ2) is 9.62. The molecule has 0 spiro atoms. The highest BCUT2D eigenvalue weighted by molar-refractivity contribution is 6.30. The Morgan fingerprint density at radius 2 is 1.91 bits per heavy atom. The Morgan fingerprint density at radius 3 is 2.66 bits per heavy atom. The Labute approximate surface area is 206 Å². The lowest BCUT2D eigenvalue weighted by atomic mass is 9.78. The van der Waals surface area contributed by atoms with Crippen molar-refractivity contribution in [1.82, 2.24) is 24.6 Å². The van der Waals surface area contributed by atoms with Gasteiger partial charge in [-0.25, -0.2) is 14.1 Å². The zero-order valence-corrected chi connectivity index (χ0v) is 19.8. The van der Waals surface area contributed by atoms with Gasteiger partial charge < -0.3 is 5.32 Å². The molecule has 1 aliphatic carbocycles. The van der Waals surface area contributed by atoms with Crippen LogP contribution in [0.15, 0.2) is 65.8 Å². The minimum Gasteiger partial charge on any atom is -0.353 e. The molecule has 1 saturated carbocycles. The molecular formula is C26H25ClFN5O2. The number of carbonyl (C=O) groups is 1. The number of aromatic nitrogens is 4. The van der Waals surface area contributed by atoms with E-state index in [1.54, 1.807) is 16.8 Å². The zero-order chi connectivity index (χ0) is 24.4. The standard InChI is InChI=1S/C26H25ClFN5O2/c27-20-8-6-19(7-9-20)26(10-1-2-11-26)25(35)29-12-13-33-23-22(15-31-33)24(34)32(17-30-23)16-18-4-3-5-21(28)14-18/h3-9,14-15,17H,1-2,10-13,16H2,(H,29,35). The van der Waals surface area contributed by atoms with Crippen molar-refractivity contribution >= 4 is 28.5 Å². The molecule has 7 nitrogen and oxygen atoms in total. The van der Waals surface area contributed by atoms with Gasteiger partial charge >= 0.3 is 0 Å². The minimum absolute atomic E-state index is 0.000748. The topological polar surface area (TPSA) is 81.8 Å². The molecule has 0 unspecified atom stereocenters. The lowest BCUT2D eigenvalue weighted by molar-refractivity contribution is -0.126. The third kappa shape index (κ3) is 4.58. The van der Waals surface area contributed by atoms with Gasteiger partial charge in [0.05, 0.1) is 24.7 Å². The quantitative estimate of drug-likeness (QED) is 0.421. The van der Waals surface area contributed by atoms with Gasteiger partial charge in [0.2, 0.25) is 5.91 Å². The molecule has 0 atom stereocenters. The largest absolute Gasteiger partial charge is 0.353 e. The summed E-state index contributed by atoms with van der Waals surface area (Å²) in [6.07, 6.45) is 6.55. The van der Waals surface area contributed by atoms with Crippen LogP contribution in [0.4, 0.5) is 4.39 Å². The van der Waals surface area contributed by atoms with Crippen molar-refractivity contribution in [2.24, 2.45) is 0 Å². The summed E-state index contributed by atoms with van der Waals surface area (Å²) < 4.78 is 16.5. The van der Waals surface area contributed by atoms with Gasteiger partial charge in [0.15, 0.2) is 5.65 Å². The molecular weight excluding hydrogens is 469 g/mol. The van der Waals surface area contributed by atoms with Crippen LogP contribution in [0.3, 0.4) is 0 Å². The molecule has 1 fully saturated rings. The van der Waals surface area contributed by atoms with E-state index in [4.69, 9.17) is 11.6 Å². The first-order chi connectivity index (χ1) is 17.0. The number of benzene rings is 2. The maximum atomic E-state index is 13.5. The summed E-state index contributed by atoms with van der Waals surface area (Å²) in [5.41, 5.74) is 1.32. The third-order valence-electron chi connectivity index (χ3n) is 6.76. The molecule has 2 aromatic heterocycles. The van der Waals surface area contributed by atoms with E-state index in [-0.39, 0.29) is 23.8 Å². The van der Waals surface area contributed by atoms with Gasteiger partial charge in [-0.15, -0.1) is 0 Å². The van der Waals surface area contributed by atoms with Gasteiger partial charge in [0.1, 0.15) is 17.5 Å². The van der Waals surface area contributed by atoms with Crippen molar-refractivity contribution in [2.75, 3.05) is 6.54 Å². The van der Waals surface area contributed by atoms with E-state index in [0.717, 1.165) is 31.2 Å². The first-order valence-corrected chi connectivity index (χ1v) is 12.0. The van der Waals surface area contributed by atoms with E-state index in [1.165, 1.54) is 29.2 Å². The van der Waals surface area contributed by atoms with Crippen molar-refractivity contribution in [3.05, 3.63) is 93.4 Å². The molecule has 2 heterocycles. The number of hydrogen-bond donors (Lipinski definition) is 1. The molecule has 9 heteroatoms. The number of hydrogen-bond acceptors (Lipinski definition) is 4. The number of fused-ring (bicyclic) bond motifs is 1. The van der Waals surface area contributed by atoms with Crippen LogP contribution in [-0.4, -0.2) is 31.8 Å². The predicted octanol–water partition coefficient (Wildman–Crippen LogP) is 4.06. The molecule has 0 bridgehead atoms. The molecule has 5 rings (SSSR count). The first-order valence-electron chi connectivity index (χ1n) is 11.7. The molecule has 0 saturated heterocycles. The molecule has 180 valence electrons. The number of amides is 1. The van der Waals surface area contributed by atoms with E-state index < -0.39 is 5.41 Å². The van der Waals surface area contributed by atoms with Gasteiger partial charge in [-0.3, -0.25) is 14.2 Å². The van der Waals surface area contributed by atoms with Gasteiger partial charge in [-0.2, -0.15) is 5.10 Å². The van der Waals surface area contributed by atoms with E-state index >= 15 is 0 Å². The van der Waals surface area contributed by atoms with Crippen LogP contribution < -0.4 is 10.9 Å². The Kier molecular flexibility index (Phi) is 6.38. The molecule has 2 aromatic carbocycles. The van der Waals surface area contributed by atoms with Crippen molar-refractivity contribution in [2.45, 2.75) is 44.2 Å². The fourth-order valence-electron chi connectivity index (χ4n) is 4.94.